The van der Waals surface area contributed by atoms with Gasteiger partial charge in [-0.2, -0.15) is 0 Å². The lowest BCUT2D eigenvalue weighted by atomic mass is 10.2. The van der Waals surface area contributed by atoms with Crippen molar-refractivity contribution in [2.24, 2.45) is 0 Å². The molecule has 0 aromatic heterocycles. The fraction of sp³-hybridized carbons (Fsp3) is 0. The van der Waals surface area contributed by atoms with E-state index in [-0.39, 0.29) is 48.0 Å². The zero-order valence-electron chi connectivity index (χ0n) is 5.81. The summed E-state index contributed by atoms with van der Waals surface area (Å²) in [7, 11) is 0. The van der Waals surface area contributed by atoms with Gasteiger partial charge in [0, 0.05) is 0 Å². The highest BCUT2D eigenvalue weighted by atomic mass is 127. The highest BCUT2D eigenvalue weighted by molar-refractivity contribution is 14.0. The zero-order valence-corrected chi connectivity index (χ0v) is 10.5. The van der Waals surface area contributed by atoms with Crippen LogP contribution in [0.4, 0.5) is 0 Å². The van der Waals surface area contributed by atoms with Crippen LogP contribution in [0.3, 0.4) is 0 Å². The molecular formula is C8H10I2O. The van der Waals surface area contributed by atoms with Crippen molar-refractivity contribution in [1.82, 2.24) is 0 Å². The summed E-state index contributed by atoms with van der Waals surface area (Å²) in [6, 6.07) is 9.64. The van der Waals surface area contributed by atoms with Gasteiger partial charge in [0.2, 0.25) is 0 Å². The molecule has 62 valence electrons. The van der Waals surface area contributed by atoms with E-state index in [4.69, 9.17) is 5.11 Å². The summed E-state index contributed by atoms with van der Waals surface area (Å²) < 4.78 is 0. The predicted molar refractivity (Wildman–Crippen MR) is 68.9 cm³/mol. The van der Waals surface area contributed by atoms with E-state index >= 15 is 0 Å². The predicted octanol–water partition coefficient (Wildman–Crippen LogP) is 3.45. The average Bonchev–Trinajstić information content (AvgIpc) is 1.91. The van der Waals surface area contributed by atoms with E-state index in [1.807, 2.05) is 30.3 Å². The lowest BCUT2D eigenvalue weighted by Gasteiger charge is -1.86. The number of aliphatic hydroxyl groups is 1. The Kier molecular flexibility index (Phi) is 10.4. The Labute approximate surface area is 101 Å². The summed E-state index contributed by atoms with van der Waals surface area (Å²) in [6.45, 7) is 0. The van der Waals surface area contributed by atoms with Gasteiger partial charge in [-0.15, -0.1) is 48.0 Å². The molecule has 0 saturated heterocycles. The fourth-order valence-corrected chi connectivity index (χ4v) is 0.650. The van der Waals surface area contributed by atoms with Gasteiger partial charge in [-0.25, -0.2) is 0 Å². The number of hydrogen-bond acceptors (Lipinski definition) is 1. The van der Waals surface area contributed by atoms with Crippen molar-refractivity contribution in [1.29, 1.82) is 0 Å². The molecule has 0 bridgehead atoms. The molecular weight excluding hydrogens is 366 g/mol. The first kappa shape index (κ1) is 13.8. The van der Waals surface area contributed by atoms with Gasteiger partial charge in [-0.05, 0) is 11.6 Å². The quantitative estimate of drug-likeness (QED) is 0.588. The lowest BCUT2D eigenvalue weighted by molar-refractivity contribution is 0.478. The fourth-order valence-electron chi connectivity index (χ4n) is 0.650. The smallest absolute Gasteiger partial charge is 0.0797 e. The van der Waals surface area contributed by atoms with E-state index in [1.54, 1.807) is 6.08 Å². The maximum absolute atomic E-state index is 8.34. The summed E-state index contributed by atoms with van der Waals surface area (Å²) in [5.74, 6) is 0. The van der Waals surface area contributed by atoms with Crippen molar-refractivity contribution >= 4 is 54.0 Å². The van der Waals surface area contributed by atoms with Gasteiger partial charge in [0.1, 0.15) is 0 Å². The standard InChI is InChI=1S/C8H8O.2HI/c9-7-6-8-4-2-1-3-5-8;;/h1-7,9H;2*1H. The first-order valence-electron chi connectivity index (χ1n) is 2.79. The van der Waals surface area contributed by atoms with Gasteiger partial charge in [0.05, 0.1) is 6.26 Å². The van der Waals surface area contributed by atoms with Crippen LogP contribution in [-0.4, -0.2) is 5.11 Å². The minimum atomic E-state index is 0. The van der Waals surface area contributed by atoms with Crippen molar-refractivity contribution in [3.63, 3.8) is 0 Å². The number of benzene rings is 1. The van der Waals surface area contributed by atoms with Crippen LogP contribution in [0.2, 0.25) is 0 Å². The molecule has 0 spiro atoms. The van der Waals surface area contributed by atoms with Crippen molar-refractivity contribution in [2.45, 2.75) is 0 Å². The molecule has 0 radical (unpaired) electrons. The van der Waals surface area contributed by atoms with Crippen LogP contribution in [-0.2, 0) is 0 Å². The van der Waals surface area contributed by atoms with Crippen molar-refractivity contribution in [2.75, 3.05) is 0 Å². The Morgan fingerprint density at radius 2 is 1.55 bits per heavy atom. The molecule has 0 aliphatic rings. The van der Waals surface area contributed by atoms with Gasteiger partial charge >= 0.3 is 0 Å². The highest BCUT2D eigenvalue weighted by Crippen LogP contribution is 1.98. The summed E-state index contributed by atoms with van der Waals surface area (Å²) >= 11 is 0. The minimum Gasteiger partial charge on any atom is -0.516 e. The molecule has 0 saturated carbocycles. The minimum absolute atomic E-state index is 0. The Bertz CT molecular complexity index is 197. The molecule has 11 heavy (non-hydrogen) atoms. The van der Waals surface area contributed by atoms with E-state index < -0.39 is 0 Å². The zero-order chi connectivity index (χ0) is 6.53. The summed E-state index contributed by atoms with van der Waals surface area (Å²) in [4.78, 5) is 0. The molecule has 1 nitrogen and oxygen atoms in total. The van der Waals surface area contributed by atoms with Crippen molar-refractivity contribution in [3.8, 4) is 0 Å². The summed E-state index contributed by atoms with van der Waals surface area (Å²) in [5.41, 5.74) is 1.01. The van der Waals surface area contributed by atoms with E-state index in [1.165, 1.54) is 0 Å². The normalized spacial score (nSPS) is 8.36. The number of aliphatic hydroxyl groups excluding tert-OH is 1. The van der Waals surface area contributed by atoms with Crippen molar-refractivity contribution < 1.29 is 5.11 Å². The maximum atomic E-state index is 8.34. The van der Waals surface area contributed by atoms with Crippen LogP contribution in [0, 0.1) is 0 Å². The molecule has 0 aliphatic carbocycles. The van der Waals surface area contributed by atoms with E-state index in [0.717, 1.165) is 11.8 Å². The van der Waals surface area contributed by atoms with Crippen LogP contribution in [0.5, 0.6) is 0 Å². The Hall–Kier alpha value is 0.220. The molecule has 0 unspecified atom stereocenters. The molecule has 0 amide bonds. The highest BCUT2D eigenvalue weighted by Gasteiger charge is 1.78. The van der Waals surface area contributed by atoms with Crippen LogP contribution in [0.15, 0.2) is 36.6 Å². The molecule has 0 fully saturated rings. The van der Waals surface area contributed by atoms with Crippen LogP contribution in [0.1, 0.15) is 5.56 Å². The van der Waals surface area contributed by atoms with E-state index in [2.05, 4.69) is 0 Å². The molecule has 3 heteroatoms. The second kappa shape index (κ2) is 8.32. The largest absolute Gasteiger partial charge is 0.516 e. The summed E-state index contributed by atoms with van der Waals surface area (Å²) in [6.07, 6.45) is 2.68. The topological polar surface area (TPSA) is 20.2 Å². The first-order chi connectivity index (χ1) is 4.43. The van der Waals surface area contributed by atoms with Crippen LogP contribution >= 0.6 is 48.0 Å². The third-order valence-corrected chi connectivity index (χ3v) is 1.07. The third-order valence-electron chi connectivity index (χ3n) is 1.07. The molecule has 0 heterocycles. The van der Waals surface area contributed by atoms with E-state index in [0.29, 0.717) is 0 Å². The summed E-state index contributed by atoms with van der Waals surface area (Å²) in [5, 5.41) is 8.34. The average molecular weight is 376 g/mol. The molecule has 1 rings (SSSR count). The third kappa shape index (κ3) is 5.49. The van der Waals surface area contributed by atoms with Crippen LogP contribution < -0.4 is 0 Å². The second-order valence-corrected chi connectivity index (χ2v) is 1.73. The number of halogens is 2. The maximum Gasteiger partial charge on any atom is 0.0797 e. The Balaban J connectivity index is 0. The molecule has 1 N–H and O–H groups in total. The van der Waals surface area contributed by atoms with Gasteiger partial charge in [-0.3, -0.25) is 0 Å². The van der Waals surface area contributed by atoms with Gasteiger partial charge < -0.3 is 5.11 Å². The molecule has 1 aromatic rings. The van der Waals surface area contributed by atoms with Gasteiger partial charge in [0.25, 0.3) is 0 Å². The van der Waals surface area contributed by atoms with Crippen LogP contribution in [0.25, 0.3) is 6.08 Å². The first-order valence-corrected chi connectivity index (χ1v) is 2.79. The van der Waals surface area contributed by atoms with Gasteiger partial charge in [0.15, 0.2) is 0 Å². The molecule has 0 aliphatic heterocycles. The Morgan fingerprint density at radius 3 is 2.00 bits per heavy atom. The SMILES string of the molecule is I.I.OC=Cc1ccccc1. The van der Waals surface area contributed by atoms with Gasteiger partial charge in [-0.1, -0.05) is 30.3 Å². The lowest BCUT2D eigenvalue weighted by Crippen LogP contribution is -1.66. The molecule has 0 atom stereocenters. The number of rotatable bonds is 1. The second-order valence-electron chi connectivity index (χ2n) is 1.73. The Morgan fingerprint density at radius 1 is 1.00 bits per heavy atom. The van der Waals surface area contributed by atoms with E-state index in [9.17, 15) is 0 Å². The molecule has 1 aromatic carbocycles. The van der Waals surface area contributed by atoms with Crippen molar-refractivity contribution in [3.05, 3.63) is 42.2 Å². The number of hydrogen-bond donors (Lipinski definition) is 1. The monoisotopic (exact) mass is 376 g/mol.